The number of benzene rings is 2. The molecule has 1 saturated carbocycles. The molecule has 0 bridgehead atoms. The van der Waals surface area contributed by atoms with E-state index in [1.165, 1.54) is 17.7 Å². The molecule has 0 heterocycles. The first-order valence-electron chi connectivity index (χ1n) is 8.83. The molecule has 1 aliphatic carbocycles. The summed E-state index contributed by atoms with van der Waals surface area (Å²) in [6.07, 6.45) is 4.84. The van der Waals surface area contributed by atoms with E-state index in [2.05, 4.69) is 17.4 Å². The second-order valence-corrected chi connectivity index (χ2v) is 6.75. The summed E-state index contributed by atoms with van der Waals surface area (Å²) in [6, 6.07) is 14.2. The van der Waals surface area contributed by atoms with Crippen molar-refractivity contribution in [2.75, 3.05) is 12.4 Å². The van der Waals surface area contributed by atoms with E-state index in [0.717, 1.165) is 31.4 Å². The van der Waals surface area contributed by atoms with Crippen LogP contribution in [0, 0.1) is 11.7 Å². The number of rotatable bonds is 5. The summed E-state index contributed by atoms with van der Waals surface area (Å²) in [7, 11) is 1.69. The van der Waals surface area contributed by atoms with Crippen molar-refractivity contribution in [2.45, 2.75) is 38.0 Å². The standard InChI is InChI=1S/C21H24FNO2/c1-25-20-4-2-3-17(14-20)16-7-5-15(6-8-16)13-21(24)23-19-11-9-18(22)10-12-19/h2-4,9-12,14-16H,5-8,13H2,1H3,(H,23,24). The van der Waals surface area contributed by atoms with Crippen LogP contribution in [0.25, 0.3) is 0 Å². The highest BCUT2D eigenvalue weighted by Crippen LogP contribution is 2.38. The van der Waals surface area contributed by atoms with Crippen LogP contribution in [0.5, 0.6) is 5.75 Å². The molecule has 1 N–H and O–H groups in total. The second kappa shape index (κ2) is 8.15. The molecular weight excluding hydrogens is 317 g/mol. The maximum Gasteiger partial charge on any atom is 0.224 e. The van der Waals surface area contributed by atoms with Crippen LogP contribution >= 0.6 is 0 Å². The largest absolute Gasteiger partial charge is 0.497 e. The Hall–Kier alpha value is -2.36. The van der Waals surface area contributed by atoms with Crippen LogP contribution < -0.4 is 10.1 Å². The van der Waals surface area contributed by atoms with E-state index in [9.17, 15) is 9.18 Å². The first-order valence-corrected chi connectivity index (χ1v) is 8.83. The molecule has 3 rings (SSSR count). The number of carbonyl (C=O) groups is 1. The van der Waals surface area contributed by atoms with Gasteiger partial charge in [0.05, 0.1) is 7.11 Å². The zero-order valence-electron chi connectivity index (χ0n) is 14.5. The summed E-state index contributed by atoms with van der Waals surface area (Å²) < 4.78 is 18.2. The first-order chi connectivity index (χ1) is 12.1. The van der Waals surface area contributed by atoms with Crippen LogP contribution in [-0.2, 0) is 4.79 Å². The molecule has 132 valence electrons. The zero-order valence-corrected chi connectivity index (χ0v) is 14.5. The predicted octanol–water partition coefficient (Wildman–Crippen LogP) is 5.14. The van der Waals surface area contributed by atoms with E-state index in [1.807, 2.05) is 12.1 Å². The van der Waals surface area contributed by atoms with Crippen molar-refractivity contribution >= 4 is 11.6 Å². The summed E-state index contributed by atoms with van der Waals surface area (Å²) in [6.45, 7) is 0. The number of amides is 1. The number of carbonyl (C=O) groups excluding carboxylic acids is 1. The topological polar surface area (TPSA) is 38.3 Å². The smallest absolute Gasteiger partial charge is 0.224 e. The molecular formula is C21H24FNO2. The van der Waals surface area contributed by atoms with Gasteiger partial charge in [0.1, 0.15) is 11.6 Å². The van der Waals surface area contributed by atoms with Gasteiger partial charge in [0.2, 0.25) is 5.91 Å². The third-order valence-corrected chi connectivity index (χ3v) is 5.01. The molecule has 3 nitrogen and oxygen atoms in total. The van der Waals surface area contributed by atoms with Gasteiger partial charge in [-0.1, -0.05) is 12.1 Å². The van der Waals surface area contributed by atoms with E-state index in [4.69, 9.17) is 4.74 Å². The molecule has 0 aromatic heterocycles. The highest BCUT2D eigenvalue weighted by Gasteiger charge is 2.24. The Kier molecular flexibility index (Phi) is 5.69. The number of halogens is 1. The SMILES string of the molecule is COc1cccc(C2CCC(CC(=O)Nc3ccc(F)cc3)CC2)c1. The van der Waals surface area contributed by atoms with Gasteiger partial charge in [-0.15, -0.1) is 0 Å². The predicted molar refractivity (Wildman–Crippen MR) is 97.3 cm³/mol. The monoisotopic (exact) mass is 341 g/mol. The lowest BCUT2D eigenvalue weighted by molar-refractivity contribution is -0.117. The average Bonchev–Trinajstić information content (AvgIpc) is 2.64. The summed E-state index contributed by atoms with van der Waals surface area (Å²) in [5, 5.41) is 2.85. The molecule has 0 atom stereocenters. The summed E-state index contributed by atoms with van der Waals surface area (Å²) in [4.78, 5) is 12.2. The Balaban J connectivity index is 1.48. The number of anilines is 1. The first kappa shape index (κ1) is 17.5. The summed E-state index contributed by atoms with van der Waals surface area (Å²) in [5.74, 6) is 1.58. The minimum absolute atomic E-state index is 0.0106. The highest BCUT2D eigenvalue weighted by molar-refractivity contribution is 5.90. The Morgan fingerprint density at radius 3 is 2.52 bits per heavy atom. The van der Waals surface area contributed by atoms with Crippen molar-refractivity contribution in [1.29, 1.82) is 0 Å². The molecule has 2 aromatic rings. The molecule has 0 spiro atoms. The quantitative estimate of drug-likeness (QED) is 0.818. The lowest BCUT2D eigenvalue weighted by atomic mass is 9.77. The second-order valence-electron chi connectivity index (χ2n) is 6.75. The number of methoxy groups -OCH3 is 1. The maximum absolute atomic E-state index is 12.9. The Morgan fingerprint density at radius 1 is 1.12 bits per heavy atom. The van der Waals surface area contributed by atoms with Crippen molar-refractivity contribution in [3.05, 3.63) is 59.9 Å². The minimum Gasteiger partial charge on any atom is -0.497 e. The van der Waals surface area contributed by atoms with E-state index in [-0.39, 0.29) is 11.7 Å². The number of nitrogens with one attached hydrogen (secondary N) is 1. The summed E-state index contributed by atoms with van der Waals surface area (Å²) in [5.41, 5.74) is 1.98. The van der Waals surface area contributed by atoms with Gasteiger partial charge in [0.25, 0.3) is 0 Å². The third-order valence-electron chi connectivity index (χ3n) is 5.01. The molecule has 1 amide bonds. The van der Waals surface area contributed by atoms with E-state index >= 15 is 0 Å². The molecule has 0 aliphatic heterocycles. The lowest BCUT2D eigenvalue weighted by Gasteiger charge is -2.28. The number of hydrogen-bond donors (Lipinski definition) is 1. The Labute approximate surface area is 148 Å². The number of ether oxygens (including phenoxy) is 1. The van der Waals surface area contributed by atoms with Gasteiger partial charge in [0.15, 0.2) is 0 Å². The molecule has 1 aliphatic rings. The van der Waals surface area contributed by atoms with Crippen molar-refractivity contribution in [1.82, 2.24) is 0 Å². The van der Waals surface area contributed by atoms with Gasteiger partial charge in [0, 0.05) is 12.1 Å². The van der Waals surface area contributed by atoms with Crippen LogP contribution in [0.15, 0.2) is 48.5 Å². The number of hydrogen-bond acceptors (Lipinski definition) is 2. The molecule has 1 fully saturated rings. The van der Waals surface area contributed by atoms with Gasteiger partial charge in [-0.25, -0.2) is 4.39 Å². The fourth-order valence-electron chi connectivity index (χ4n) is 3.60. The lowest BCUT2D eigenvalue weighted by Crippen LogP contribution is -2.20. The van der Waals surface area contributed by atoms with Gasteiger partial charge < -0.3 is 10.1 Å². The average molecular weight is 341 g/mol. The van der Waals surface area contributed by atoms with Gasteiger partial charge in [-0.2, -0.15) is 0 Å². The van der Waals surface area contributed by atoms with Gasteiger partial charge >= 0.3 is 0 Å². The van der Waals surface area contributed by atoms with Crippen LogP contribution in [-0.4, -0.2) is 13.0 Å². The van der Waals surface area contributed by atoms with Crippen molar-refractivity contribution in [3.8, 4) is 5.75 Å². The fourth-order valence-corrected chi connectivity index (χ4v) is 3.60. The fraction of sp³-hybridized carbons (Fsp3) is 0.381. The van der Waals surface area contributed by atoms with Crippen LogP contribution in [0.2, 0.25) is 0 Å². The highest BCUT2D eigenvalue weighted by atomic mass is 19.1. The summed E-state index contributed by atoms with van der Waals surface area (Å²) >= 11 is 0. The van der Waals surface area contributed by atoms with Crippen molar-refractivity contribution in [2.24, 2.45) is 5.92 Å². The van der Waals surface area contributed by atoms with E-state index in [1.54, 1.807) is 19.2 Å². The Morgan fingerprint density at radius 2 is 1.84 bits per heavy atom. The van der Waals surface area contributed by atoms with E-state index < -0.39 is 0 Å². The van der Waals surface area contributed by atoms with E-state index in [0.29, 0.717) is 23.9 Å². The molecule has 4 heteroatoms. The molecule has 0 unspecified atom stereocenters. The van der Waals surface area contributed by atoms with Gasteiger partial charge in [-0.3, -0.25) is 4.79 Å². The van der Waals surface area contributed by atoms with Gasteiger partial charge in [-0.05, 0) is 79.5 Å². The zero-order chi connectivity index (χ0) is 17.6. The normalized spacial score (nSPS) is 20.1. The van der Waals surface area contributed by atoms with Crippen LogP contribution in [0.4, 0.5) is 10.1 Å². The molecule has 25 heavy (non-hydrogen) atoms. The minimum atomic E-state index is -0.297. The maximum atomic E-state index is 12.9. The van der Waals surface area contributed by atoms with Crippen molar-refractivity contribution in [3.63, 3.8) is 0 Å². The van der Waals surface area contributed by atoms with Crippen LogP contribution in [0.3, 0.4) is 0 Å². The van der Waals surface area contributed by atoms with Crippen LogP contribution in [0.1, 0.15) is 43.6 Å². The molecule has 0 radical (unpaired) electrons. The molecule has 2 aromatic carbocycles. The van der Waals surface area contributed by atoms with Crippen molar-refractivity contribution < 1.29 is 13.9 Å². The third kappa shape index (κ3) is 4.81. The molecule has 0 saturated heterocycles. The Bertz CT molecular complexity index is 706.